The number of piperidine rings is 1. The monoisotopic (exact) mass is 193 g/mol. The molecule has 0 bridgehead atoms. The van der Waals surface area contributed by atoms with Gasteiger partial charge in [0, 0.05) is 6.54 Å². The van der Waals surface area contributed by atoms with Crippen LogP contribution in [0.2, 0.25) is 0 Å². The maximum Gasteiger partial charge on any atom is 0.227 e. The summed E-state index contributed by atoms with van der Waals surface area (Å²) in [6.45, 7) is 0.741. The van der Waals surface area contributed by atoms with Crippen LogP contribution >= 0.6 is 0 Å². The lowest BCUT2D eigenvalue weighted by Crippen LogP contribution is -2.35. The summed E-state index contributed by atoms with van der Waals surface area (Å²) in [5, 5.41) is 2.79. The fourth-order valence-corrected chi connectivity index (χ4v) is 1.81. The topological polar surface area (TPSA) is 29.1 Å². The Balaban J connectivity index is 2.24. The van der Waals surface area contributed by atoms with Crippen LogP contribution in [0.3, 0.4) is 0 Å². The predicted octanol–water partition coefficient (Wildman–Crippen LogP) is 1.82. The molecule has 1 aliphatic heterocycles. The van der Waals surface area contributed by atoms with Crippen LogP contribution in [0.15, 0.2) is 24.3 Å². The molecule has 0 radical (unpaired) electrons. The molecule has 0 aliphatic carbocycles. The maximum absolute atomic E-state index is 12.9. The van der Waals surface area contributed by atoms with Gasteiger partial charge in [-0.15, -0.1) is 0 Å². The molecule has 74 valence electrons. The molecule has 1 atom stereocenters. The molecular weight excluding hydrogens is 181 g/mol. The van der Waals surface area contributed by atoms with Crippen molar-refractivity contribution in [3.8, 4) is 0 Å². The number of carbonyl (C=O) groups is 1. The molecule has 1 heterocycles. The van der Waals surface area contributed by atoms with Crippen LogP contribution in [-0.2, 0) is 4.79 Å². The largest absolute Gasteiger partial charge is 0.356 e. The van der Waals surface area contributed by atoms with Gasteiger partial charge in [0.05, 0.1) is 5.92 Å². The molecule has 1 fully saturated rings. The minimum atomic E-state index is -0.277. The molecular formula is C11H12FNO. The Labute approximate surface area is 82.1 Å². The summed E-state index contributed by atoms with van der Waals surface area (Å²) in [5.41, 5.74) is 0.780. The molecule has 1 aromatic rings. The first-order chi connectivity index (χ1) is 6.77. The van der Waals surface area contributed by atoms with Crippen molar-refractivity contribution < 1.29 is 9.18 Å². The van der Waals surface area contributed by atoms with E-state index in [1.54, 1.807) is 12.1 Å². The van der Waals surface area contributed by atoms with E-state index in [0.29, 0.717) is 0 Å². The van der Waals surface area contributed by atoms with Gasteiger partial charge in [-0.1, -0.05) is 12.1 Å². The molecule has 1 amide bonds. The highest BCUT2D eigenvalue weighted by Crippen LogP contribution is 2.24. The number of amides is 1. The molecule has 1 aliphatic rings. The van der Waals surface area contributed by atoms with Crippen LogP contribution in [0.4, 0.5) is 4.39 Å². The zero-order chi connectivity index (χ0) is 9.97. The Kier molecular flexibility index (Phi) is 2.48. The SMILES string of the molecule is O=C1NCCCC1c1cccc(F)c1. The van der Waals surface area contributed by atoms with Crippen molar-refractivity contribution in [1.29, 1.82) is 0 Å². The first-order valence-electron chi connectivity index (χ1n) is 4.80. The lowest BCUT2D eigenvalue weighted by Gasteiger charge is -2.21. The van der Waals surface area contributed by atoms with Crippen LogP contribution in [0.25, 0.3) is 0 Å². The Hall–Kier alpha value is -1.38. The third-order valence-corrected chi connectivity index (χ3v) is 2.54. The van der Waals surface area contributed by atoms with Gasteiger partial charge in [0.1, 0.15) is 5.82 Å². The molecule has 3 heteroatoms. The average molecular weight is 193 g/mol. The summed E-state index contributed by atoms with van der Waals surface area (Å²) in [7, 11) is 0. The van der Waals surface area contributed by atoms with E-state index in [4.69, 9.17) is 0 Å². The van der Waals surface area contributed by atoms with Gasteiger partial charge < -0.3 is 5.32 Å². The molecule has 1 aromatic carbocycles. The van der Waals surface area contributed by atoms with E-state index < -0.39 is 0 Å². The van der Waals surface area contributed by atoms with Crippen LogP contribution in [0.1, 0.15) is 24.3 Å². The van der Waals surface area contributed by atoms with E-state index in [-0.39, 0.29) is 17.6 Å². The fraction of sp³-hybridized carbons (Fsp3) is 0.364. The highest BCUT2D eigenvalue weighted by atomic mass is 19.1. The van der Waals surface area contributed by atoms with Crippen molar-refractivity contribution >= 4 is 5.91 Å². The summed E-state index contributed by atoms with van der Waals surface area (Å²) in [5.74, 6) is -0.429. The summed E-state index contributed by atoms with van der Waals surface area (Å²) in [6.07, 6.45) is 1.78. The predicted molar refractivity (Wildman–Crippen MR) is 51.4 cm³/mol. The Morgan fingerprint density at radius 2 is 2.29 bits per heavy atom. The van der Waals surface area contributed by atoms with E-state index in [0.717, 1.165) is 24.9 Å². The maximum atomic E-state index is 12.9. The smallest absolute Gasteiger partial charge is 0.227 e. The molecule has 2 rings (SSSR count). The Morgan fingerprint density at radius 1 is 1.43 bits per heavy atom. The second-order valence-corrected chi connectivity index (χ2v) is 3.54. The first kappa shape index (κ1) is 9.19. The second kappa shape index (κ2) is 3.78. The van der Waals surface area contributed by atoms with E-state index in [1.165, 1.54) is 12.1 Å². The third kappa shape index (κ3) is 1.76. The van der Waals surface area contributed by atoms with E-state index in [1.807, 2.05) is 0 Å². The van der Waals surface area contributed by atoms with Gasteiger partial charge >= 0.3 is 0 Å². The lowest BCUT2D eigenvalue weighted by molar-refractivity contribution is -0.123. The number of hydrogen-bond acceptors (Lipinski definition) is 1. The number of benzene rings is 1. The number of hydrogen-bond donors (Lipinski definition) is 1. The van der Waals surface area contributed by atoms with E-state index in [2.05, 4.69) is 5.32 Å². The van der Waals surface area contributed by atoms with Gasteiger partial charge in [0.2, 0.25) is 5.91 Å². The zero-order valence-electron chi connectivity index (χ0n) is 7.79. The van der Waals surface area contributed by atoms with Crippen LogP contribution < -0.4 is 5.32 Å². The van der Waals surface area contributed by atoms with Crippen molar-refractivity contribution in [2.75, 3.05) is 6.54 Å². The van der Waals surface area contributed by atoms with Crippen molar-refractivity contribution in [3.05, 3.63) is 35.6 Å². The molecule has 1 unspecified atom stereocenters. The summed E-state index contributed by atoms with van der Waals surface area (Å²) in [4.78, 5) is 11.5. The molecule has 1 saturated heterocycles. The molecule has 2 nitrogen and oxygen atoms in total. The lowest BCUT2D eigenvalue weighted by atomic mass is 9.91. The van der Waals surface area contributed by atoms with Gasteiger partial charge in [0.15, 0.2) is 0 Å². The van der Waals surface area contributed by atoms with Gasteiger partial charge in [-0.25, -0.2) is 4.39 Å². The van der Waals surface area contributed by atoms with Crippen LogP contribution in [-0.4, -0.2) is 12.5 Å². The molecule has 0 aromatic heterocycles. The summed E-state index contributed by atoms with van der Waals surface area (Å²) >= 11 is 0. The molecule has 0 spiro atoms. The normalized spacial score (nSPS) is 21.8. The first-order valence-corrected chi connectivity index (χ1v) is 4.80. The van der Waals surface area contributed by atoms with Crippen molar-refractivity contribution in [3.63, 3.8) is 0 Å². The highest BCUT2D eigenvalue weighted by Gasteiger charge is 2.23. The van der Waals surface area contributed by atoms with Crippen molar-refractivity contribution in [2.24, 2.45) is 0 Å². The summed E-state index contributed by atoms with van der Waals surface area (Å²) < 4.78 is 12.9. The number of carbonyl (C=O) groups excluding carboxylic acids is 1. The minimum absolute atomic E-state index is 0.0156. The number of halogens is 1. The Morgan fingerprint density at radius 3 is 3.00 bits per heavy atom. The summed E-state index contributed by atoms with van der Waals surface area (Å²) in [6, 6.07) is 6.28. The molecule has 1 N–H and O–H groups in total. The zero-order valence-corrected chi connectivity index (χ0v) is 7.79. The van der Waals surface area contributed by atoms with Crippen molar-refractivity contribution in [1.82, 2.24) is 5.32 Å². The van der Waals surface area contributed by atoms with E-state index >= 15 is 0 Å². The van der Waals surface area contributed by atoms with Crippen LogP contribution in [0.5, 0.6) is 0 Å². The fourth-order valence-electron chi connectivity index (χ4n) is 1.81. The van der Waals surface area contributed by atoms with Gasteiger partial charge in [-0.3, -0.25) is 4.79 Å². The molecule has 14 heavy (non-hydrogen) atoms. The number of nitrogens with one attached hydrogen (secondary N) is 1. The van der Waals surface area contributed by atoms with E-state index in [9.17, 15) is 9.18 Å². The molecule has 0 saturated carbocycles. The third-order valence-electron chi connectivity index (χ3n) is 2.54. The standard InChI is InChI=1S/C11H12FNO/c12-9-4-1-3-8(7-9)10-5-2-6-13-11(10)14/h1,3-4,7,10H,2,5-6H2,(H,13,14). The minimum Gasteiger partial charge on any atom is -0.356 e. The number of rotatable bonds is 1. The second-order valence-electron chi connectivity index (χ2n) is 3.54. The average Bonchev–Trinajstić information content (AvgIpc) is 2.18. The van der Waals surface area contributed by atoms with Gasteiger partial charge in [0.25, 0.3) is 0 Å². The van der Waals surface area contributed by atoms with Gasteiger partial charge in [-0.05, 0) is 30.5 Å². The van der Waals surface area contributed by atoms with Gasteiger partial charge in [-0.2, -0.15) is 0 Å². The highest BCUT2D eigenvalue weighted by molar-refractivity contribution is 5.84. The van der Waals surface area contributed by atoms with Crippen molar-refractivity contribution in [2.45, 2.75) is 18.8 Å². The Bertz CT molecular complexity index is 351. The quantitative estimate of drug-likeness (QED) is 0.724. The van der Waals surface area contributed by atoms with Crippen LogP contribution in [0, 0.1) is 5.82 Å².